The second-order valence-electron chi connectivity index (χ2n) is 6.41. The van der Waals surface area contributed by atoms with Gasteiger partial charge in [0.2, 0.25) is 0 Å². The Balaban J connectivity index is 1.48. The van der Waals surface area contributed by atoms with Gasteiger partial charge in [0.05, 0.1) is 6.10 Å². The summed E-state index contributed by atoms with van der Waals surface area (Å²) < 4.78 is 5.69. The van der Waals surface area contributed by atoms with E-state index >= 15 is 0 Å². The van der Waals surface area contributed by atoms with Gasteiger partial charge in [0.15, 0.2) is 0 Å². The zero-order valence-electron chi connectivity index (χ0n) is 13.8. The van der Waals surface area contributed by atoms with Crippen LogP contribution in [0.4, 0.5) is 0 Å². The van der Waals surface area contributed by atoms with Crippen molar-refractivity contribution in [1.82, 2.24) is 4.90 Å². The van der Waals surface area contributed by atoms with Crippen LogP contribution < -0.4 is 4.74 Å². The summed E-state index contributed by atoms with van der Waals surface area (Å²) in [5.74, 6) is 0.757. The van der Waals surface area contributed by atoms with Crippen molar-refractivity contribution in [1.29, 1.82) is 0 Å². The summed E-state index contributed by atoms with van der Waals surface area (Å²) >= 11 is 0. The molecule has 4 heteroatoms. The molecule has 0 aliphatic carbocycles. The van der Waals surface area contributed by atoms with Gasteiger partial charge in [-0.3, -0.25) is 4.90 Å². The SMILES string of the molecule is O[C@H]1CCCN(C[C@@H](O)COc2ccc(-c3ccccc3)cc2)C1. The van der Waals surface area contributed by atoms with E-state index in [4.69, 9.17) is 4.74 Å². The Hall–Kier alpha value is -1.88. The molecule has 2 N–H and O–H groups in total. The molecule has 0 saturated carbocycles. The van der Waals surface area contributed by atoms with Crippen molar-refractivity contribution in [2.24, 2.45) is 0 Å². The first-order valence-corrected chi connectivity index (χ1v) is 8.57. The zero-order chi connectivity index (χ0) is 16.8. The molecule has 1 fully saturated rings. The molecular formula is C20H25NO3. The summed E-state index contributed by atoms with van der Waals surface area (Å²) in [6, 6.07) is 18.1. The molecule has 0 aromatic heterocycles. The van der Waals surface area contributed by atoms with Crippen molar-refractivity contribution in [3.05, 3.63) is 54.6 Å². The van der Waals surface area contributed by atoms with Gasteiger partial charge in [-0.2, -0.15) is 0 Å². The van der Waals surface area contributed by atoms with Gasteiger partial charge in [-0.05, 0) is 42.6 Å². The Morgan fingerprint density at radius 2 is 1.75 bits per heavy atom. The largest absolute Gasteiger partial charge is 0.491 e. The van der Waals surface area contributed by atoms with E-state index in [0.29, 0.717) is 13.1 Å². The van der Waals surface area contributed by atoms with E-state index in [1.165, 1.54) is 5.56 Å². The van der Waals surface area contributed by atoms with Crippen molar-refractivity contribution in [2.75, 3.05) is 26.2 Å². The predicted octanol–water partition coefficient (Wildman–Crippen LogP) is 2.55. The Bertz CT molecular complexity index is 615. The van der Waals surface area contributed by atoms with Crippen LogP contribution in [0.3, 0.4) is 0 Å². The van der Waals surface area contributed by atoms with Gasteiger partial charge in [0.25, 0.3) is 0 Å². The molecule has 3 rings (SSSR count). The zero-order valence-corrected chi connectivity index (χ0v) is 13.8. The van der Waals surface area contributed by atoms with E-state index in [2.05, 4.69) is 17.0 Å². The van der Waals surface area contributed by atoms with E-state index in [0.717, 1.165) is 30.7 Å². The molecule has 0 bridgehead atoms. The number of likely N-dealkylation sites (tertiary alicyclic amines) is 1. The average molecular weight is 327 g/mol. The highest BCUT2D eigenvalue weighted by Crippen LogP contribution is 2.22. The second-order valence-corrected chi connectivity index (χ2v) is 6.41. The van der Waals surface area contributed by atoms with Gasteiger partial charge >= 0.3 is 0 Å². The summed E-state index contributed by atoms with van der Waals surface area (Å²) in [5.41, 5.74) is 2.32. The maximum Gasteiger partial charge on any atom is 0.119 e. The molecule has 0 radical (unpaired) electrons. The maximum atomic E-state index is 10.1. The number of rotatable bonds is 6. The lowest BCUT2D eigenvalue weighted by Gasteiger charge is -2.31. The molecule has 4 nitrogen and oxygen atoms in total. The standard InChI is InChI=1S/C20H25NO3/c22-18-7-4-12-21(13-18)14-19(23)15-24-20-10-8-17(9-11-20)16-5-2-1-3-6-16/h1-3,5-6,8-11,18-19,22-23H,4,7,12-15H2/t18-,19+/m0/s1. The number of piperidine rings is 1. The average Bonchev–Trinajstić information content (AvgIpc) is 2.61. The van der Waals surface area contributed by atoms with Crippen molar-refractivity contribution >= 4 is 0 Å². The Labute approximate surface area is 143 Å². The lowest BCUT2D eigenvalue weighted by molar-refractivity contribution is 0.0243. The normalized spacial score (nSPS) is 19.8. The summed E-state index contributed by atoms with van der Waals surface area (Å²) in [6.07, 6.45) is 1.02. The summed E-state index contributed by atoms with van der Waals surface area (Å²) in [6.45, 7) is 2.37. The van der Waals surface area contributed by atoms with Crippen molar-refractivity contribution in [3.63, 3.8) is 0 Å². The summed E-state index contributed by atoms with van der Waals surface area (Å²) in [5, 5.41) is 19.8. The quantitative estimate of drug-likeness (QED) is 0.856. The maximum absolute atomic E-state index is 10.1. The van der Waals surface area contributed by atoms with Crippen molar-refractivity contribution in [2.45, 2.75) is 25.0 Å². The summed E-state index contributed by atoms with van der Waals surface area (Å²) in [7, 11) is 0. The molecule has 1 aliphatic heterocycles. The molecular weight excluding hydrogens is 302 g/mol. The first-order valence-electron chi connectivity index (χ1n) is 8.57. The molecule has 2 atom stereocenters. The lowest BCUT2D eigenvalue weighted by Crippen LogP contribution is -2.43. The number of aliphatic hydroxyl groups is 2. The molecule has 128 valence electrons. The van der Waals surface area contributed by atoms with Gasteiger partial charge < -0.3 is 14.9 Å². The number of hydrogen-bond acceptors (Lipinski definition) is 4. The third-order valence-corrected chi connectivity index (χ3v) is 4.35. The van der Waals surface area contributed by atoms with Crippen LogP contribution in [0.2, 0.25) is 0 Å². The fraction of sp³-hybridized carbons (Fsp3) is 0.400. The highest BCUT2D eigenvalue weighted by molar-refractivity contribution is 5.63. The van der Waals surface area contributed by atoms with Gasteiger partial charge in [-0.1, -0.05) is 42.5 Å². The minimum Gasteiger partial charge on any atom is -0.491 e. The van der Waals surface area contributed by atoms with Gasteiger partial charge in [-0.25, -0.2) is 0 Å². The molecule has 0 unspecified atom stereocenters. The predicted molar refractivity (Wildman–Crippen MR) is 95.1 cm³/mol. The van der Waals surface area contributed by atoms with E-state index < -0.39 is 6.10 Å². The third kappa shape index (κ3) is 4.81. The van der Waals surface area contributed by atoms with E-state index in [-0.39, 0.29) is 12.7 Å². The number of ether oxygens (including phenoxy) is 1. The van der Waals surface area contributed by atoms with Gasteiger partial charge in [-0.15, -0.1) is 0 Å². The minimum atomic E-state index is -0.552. The monoisotopic (exact) mass is 327 g/mol. The van der Waals surface area contributed by atoms with E-state index in [9.17, 15) is 10.2 Å². The highest BCUT2D eigenvalue weighted by Gasteiger charge is 2.20. The van der Waals surface area contributed by atoms with Crippen LogP contribution in [0, 0.1) is 0 Å². The van der Waals surface area contributed by atoms with Gasteiger partial charge in [0.1, 0.15) is 18.5 Å². The van der Waals surface area contributed by atoms with Crippen LogP contribution in [0.25, 0.3) is 11.1 Å². The Kier molecular flexibility index (Phi) is 5.86. The van der Waals surface area contributed by atoms with Crippen LogP contribution >= 0.6 is 0 Å². The second kappa shape index (κ2) is 8.29. The van der Waals surface area contributed by atoms with Crippen LogP contribution in [0.15, 0.2) is 54.6 Å². The smallest absolute Gasteiger partial charge is 0.119 e. The molecule has 1 heterocycles. The number of hydrogen-bond donors (Lipinski definition) is 2. The fourth-order valence-electron chi connectivity index (χ4n) is 3.11. The number of β-amino-alcohol motifs (C(OH)–C–C–N with tert-alkyl or cyclic N) is 2. The van der Waals surface area contributed by atoms with Crippen LogP contribution in [-0.4, -0.2) is 53.6 Å². The Morgan fingerprint density at radius 3 is 2.46 bits per heavy atom. The van der Waals surface area contributed by atoms with Crippen molar-refractivity contribution < 1.29 is 14.9 Å². The van der Waals surface area contributed by atoms with E-state index in [1.54, 1.807) is 0 Å². The molecule has 0 spiro atoms. The number of aliphatic hydroxyl groups excluding tert-OH is 2. The first-order chi connectivity index (χ1) is 11.7. The van der Waals surface area contributed by atoms with Gasteiger partial charge in [0, 0.05) is 13.1 Å². The fourth-order valence-corrected chi connectivity index (χ4v) is 3.11. The number of nitrogens with zero attached hydrogens (tertiary/aromatic N) is 1. The van der Waals surface area contributed by atoms with Crippen LogP contribution in [0.1, 0.15) is 12.8 Å². The van der Waals surface area contributed by atoms with Crippen molar-refractivity contribution in [3.8, 4) is 16.9 Å². The summed E-state index contributed by atoms with van der Waals surface area (Å²) in [4.78, 5) is 2.10. The molecule has 24 heavy (non-hydrogen) atoms. The van der Waals surface area contributed by atoms with E-state index in [1.807, 2.05) is 42.5 Å². The molecule has 2 aromatic rings. The first kappa shape index (κ1) is 17.0. The Morgan fingerprint density at radius 1 is 1.04 bits per heavy atom. The highest BCUT2D eigenvalue weighted by atomic mass is 16.5. The third-order valence-electron chi connectivity index (χ3n) is 4.35. The minimum absolute atomic E-state index is 0.261. The van der Waals surface area contributed by atoms with Crippen LogP contribution in [0.5, 0.6) is 5.75 Å². The topological polar surface area (TPSA) is 52.9 Å². The molecule has 2 aromatic carbocycles. The number of benzene rings is 2. The molecule has 0 amide bonds. The van der Waals surface area contributed by atoms with Crippen LogP contribution in [-0.2, 0) is 0 Å². The lowest BCUT2D eigenvalue weighted by atomic mass is 10.1. The molecule has 1 saturated heterocycles. The molecule has 1 aliphatic rings.